The van der Waals surface area contributed by atoms with E-state index in [-0.39, 0.29) is 0 Å². The van der Waals surface area contributed by atoms with Gasteiger partial charge in [0, 0.05) is 22.9 Å². The minimum atomic E-state index is 0.400. The summed E-state index contributed by atoms with van der Waals surface area (Å²) in [6, 6.07) is 19.7. The van der Waals surface area contributed by atoms with Crippen molar-refractivity contribution in [1.82, 2.24) is 0 Å². The van der Waals surface area contributed by atoms with Gasteiger partial charge in [-0.25, -0.2) is 0 Å². The smallest absolute Gasteiger partial charge is 0.119 e. The van der Waals surface area contributed by atoms with Gasteiger partial charge < -0.3 is 10.1 Å². The number of fused-ring (bicyclic) bond motifs is 3. The van der Waals surface area contributed by atoms with Crippen LogP contribution in [-0.4, -0.2) is 6.61 Å². The van der Waals surface area contributed by atoms with Gasteiger partial charge in [-0.15, -0.1) is 11.3 Å². The highest BCUT2D eigenvalue weighted by atomic mass is 32.1. The summed E-state index contributed by atoms with van der Waals surface area (Å²) in [4.78, 5) is 1.48. The lowest BCUT2D eigenvalue weighted by Gasteiger charge is -2.37. The molecule has 1 aromatic heterocycles. The van der Waals surface area contributed by atoms with Crippen molar-refractivity contribution in [3.8, 4) is 5.75 Å². The number of aryl methyl sites for hydroxylation is 1. The predicted molar refractivity (Wildman–Crippen MR) is 117 cm³/mol. The van der Waals surface area contributed by atoms with E-state index in [4.69, 9.17) is 4.74 Å². The lowest BCUT2D eigenvalue weighted by atomic mass is 9.78. The summed E-state index contributed by atoms with van der Waals surface area (Å²) < 4.78 is 6.09. The summed E-state index contributed by atoms with van der Waals surface area (Å²) in [6.07, 6.45) is 6.82. The highest BCUT2D eigenvalue weighted by molar-refractivity contribution is 7.10. The quantitative estimate of drug-likeness (QED) is 0.504. The molecular formula is C25H25NOS. The number of benzene rings is 2. The summed E-state index contributed by atoms with van der Waals surface area (Å²) in [5.74, 6) is 2.03. The van der Waals surface area contributed by atoms with Crippen LogP contribution in [0.5, 0.6) is 5.75 Å². The number of nitrogens with one attached hydrogen (secondary N) is 1. The van der Waals surface area contributed by atoms with E-state index in [1.54, 1.807) is 0 Å². The van der Waals surface area contributed by atoms with Gasteiger partial charge in [0.2, 0.25) is 0 Å². The second-order valence-corrected chi connectivity index (χ2v) is 8.72. The second-order valence-electron chi connectivity index (χ2n) is 7.78. The third kappa shape index (κ3) is 3.24. The highest BCUT2D eigenvalue weighted by Gasteiger charge is 2.39. The Balaban J connectivity index is 1.35. The van der Waals surface area contributed by atoms with Gasteiger partial charge in [0.15, 0.2) is 0 Å². The Morgan fingerprint density at radius 1 is 1.11 bits per heavy atom. The van der Waals surface area contributed by atoms with E-state index in [2.05, 4.69) is 84.4 Å². The van der Waals surface area contributed by atoms with Gasteiger partial charge in [-0.1, -0.05) is 42.5 Å². The van der Waals surface area contributed by atoms with E-state index in [9.17, 15) is 0 Å². The van der Waals surface area contributed by atoms with Crippen LogP contribution in [0.4, 0.5) is 5.69 Å². The van der Waals surface area contributed by atoms with Crippen molar-refractivity contribution in [1.29, 1.82) is 0 Å². The molecule has 0 amide bonds. The first-order valence-corrected chi connectivity index (χ1v) is 11.0. The maximum Gasteiger partial charge on any atom is 0.119 e. The van der Waals surface area contributed by atoms with Crippen molar-refractivity contribution < 1.29 is 4.74 Å². The summed E-state index contributed by atoms with van der Waals surface area (Å²) >= 11 is 1.88. The van der Waals surface area contributed by atoms with E-state index in [0.717, 1.165) is 18.6 Å². The van der Waals surface area contributed by atoms with Crippen LogP contribution in [0.15, 0.2) is 72.1 Å². The fourth-order valence-electron chi connectivity index (χ4n) is 4.56. The largest absolute Gasteiger partial charge is 0.493 e. The number of rotatable bonds is 5. The first-order chi connectivity index (χ1) is 13.8. The molecular weight excluding hydrogens is 362 g/mol. The minimum absolute atomic E-state index is 0.400. The molecule has 2 aromatic carbocycles. The molecule has 0 bridgehead atoms. The molecule has 1 aliphatic carbocycles. The third-order valence-electron chi connectivity index (χ3n) is 6.02. The van der Waals surface area contributed by atoms with Crippen LogP contribution >= 0.6 is 11.3 Å². The summed E-state index contributed by atoms with van der Waals surface area (Å²) in [6.45, 7) is 2.93. The number of ether oxygens (including phenoxy) is 1. The van der Waals surface area contributed by atoms with Crippen molar-refractivity contribution in [3.05, 3.63) is 93.7 Å². The molecule has 2 heterocycles. The van der Waals surface area contributed by atoms with E-state index >= 15 is 0 Å². The molecule has 1 aliphatic heterocycles. The lowest BCUT2D eigenvalue weighted by Crippen LogP contribution is -2.28. The van der Waals surface area contributed by atoms with Gasteiger partial charge in [-0.05, 0) is 65.6 Å². The molecule has 0 fully saturated rings. The maximum atomic E-state index is 6.09. The molecule has 3 aromatic rings. The normalized spacial score (nSPS) is 22.4. The molecule has 0 saturated carbocycles. The molecule has 28 heavy (non-hydrogen) atoms. The molecule has 2 aliphatic rings. The standard InChI is InChI=1S/C25H25NOS/c1-17-13-15-28-25(17)24-21-9-5-8-20(21)22-16-19(10-11-23(22)26-24)27-14-12-18-6-3-2-4-7-18/h2-8,10-11,13,15-16,20-21,24,26H,9,12,14H2,1H3. The Morgan fingerprint density at radius 3 is 2.82 bits per heavy atom. The van der Waals surface area contributed by atoms with Crippen LogP contribution < -0.4 is 10.1 Å². The topological polar surface area (TPSA) is 21.3 Å². The van der Waals surface area contributed by atoms with E-state index in [0.29, 0.717) is 24.5 Å². The van der Waals surface area contributed by atoms with Crippen molar-refractivity contribution in [3.63, 3.8) is 0 Å². The van der Waals surface area contributed by atoms with Gasteiger partial charge >= 0.3 is 0 Å². The predicted octanol–water partition coefficient (Wildman–Crippen LogP) is 6.50. The van der Waals surface area contributed by atoms with Crippen molar-refractivity contribution in [2.75, 3.05) is 11.9 Å². The van der Waals surface area contributed by atoms with Gasteiger partial charge in [-0.2, -0.15) is 0 Å². The van der Waals surface area contributed by atoms with Gasteiger partial charge in [0.1, 0.15) is 5.75 Å². The van der Waals surface area contributed by atoms with Gasteiger partial charge in [0.25, 0.3) is 0 Å². The lowest BCUT2D eigenvalue weighted by molar-refractivity contribution is 0.320. The Labute approximate surface area is 170 Å². The first kappa shape index (κ1) is 17.6. The molecule has 5 rings (SSSR count). The van der Waals surface area contributed by atoms with E-state index < -0.39 is 0 Å². The van der Waals surface area contributed by atoms with Crippen LogP contribution in [0.3, 0.4) is 0 Å². The van der Waals surface area contributed by atoms with Crippen LogP contribution in [0.2, 0.25) is 0 Å². The molecule has 0 radical (unpaired) electrons. The molecule has 3 heteroatoms. The molecule has 142 valence electrons. The number of allylic oxidation sites excluding steroid dienone is 2. The average molecular weight is 388 g/mol. The Hall–Kier alpha value is -2.52. The van der Waals surface area contributed by atoms with E-state index in [1.807, 2.05) is 11.3 Å². The second kappa shape index (κ2) is 7.48. The summed E-state index contributed by atoms with van der Waals surface area (Å²) in [5.41, 5.74) is 5.34. The molecule has 0 spiro atoms. The van der Waals surface area contributed by atoms with E-state index in [1.165, 1.54) is 27.3 Å². The van der Waals surface area contributed by atoms with Crippen LogP contribution in [-0.2, 0) is 6.42 Å². The molecule has 1 N–H and O–H groups in total. The first-order valence-electron chi connectivity index (χ1n) is 10.1. The van der Waals surface area contributed by atoms with Crippen LogP contribution in [0.25, 0.3) is 0 Å². The highest BCUT2D eigenvalue weighted by Crippen LogP contribution is 2.51. The monoisotopic (exact) mass is 387 g/mol. The maximum absolute atomic E-state index is 6.09. The number of anilines is 1. The number of hydrogen-bond donors (Lipinski definition) is 1. The van der Waals surface area contributed by atoms with Crippen molar-refractivity contribution in [2.45, 2.75) is 31.7 Å². The zero-order valence-electron chi connectivity index (χ0n) is 16.1. The van der Waals surface area contributed by atoms with Gasteiger partial charge in [-0.3, -0.25) is 0 Å². The Bertz CT molecular complexity index is 991. The molecule has 2 nitrogen and oxygen atoms in total. The number of hydrogen-bond acceptors (Lipinski definition) is 3. The Morgan fingerprint density at radius 2 is 2.00 bits per heavy atom. The molecule has 3 unspecified atom stereocenters. The fourth-order valence-corrected chi connectivity index (χ4v) is 5.61. The third-order valence-corrected chi connectivity index (χ3v) is 7.12. The summed E-state index contributed by atoms with van der Waals surface area (Å²) in [7, 11) is 0. The fraction of sp³-hybridized carbons (Fsp3) is 0.280. The van der Waals surface area contributed by atoms with Crippen LogP contribution in [0.1, 0.15) is 39.9 Å². The molecule has 3 atom stereocenters. The summed E-state index contributed by atoms with van der Waals surface area (Å²) in [5, 5.41) is 6.05. The Kier molecular flexibility index (Phi) is 4.69. The zero-order chi connectivity index (χ0) is 18.9. The van der Waals surface area contributed by atoms with Crippen LogP contribution in [0, 0.1) is 12.8 Å². The minimum Gasteiger partial charge on any atom is -0.493 e. The average Bonchev–Trinajstić information content (AvgIpc) is 3.38. The SMILES string of the molecule is Cc1ccsc1C1Nc2ccc(OCCc3ccccc3)cc2C2C=CCC21. The number of thiophene rings is 1. The molecule has 0 saturated heterocycles. The van der Waals surface area contributed by atoms with Gasteiger partial charge in [0.05, 0.1) is 12.6 Å². The van der Waals surface area contributed by atoms with Crippen molar-refractivity contribution in [2.24, 2.45) is 5.92 Å². The zero-order valence-corrected chi connectivity index (χ0v) is 16.9. The van der Waals surface area contributed by atoms with Crippen molar-refractivity contribution >= 4 is 17.0 Å².